The van der Waals surface area contributed by atoms with E-state index in [9.17, 15) is 9.18 Å². The van der Waals surface area contributed by atoms with Gasteiger partial charge in [-0.2, -0.15) is 5.10 Å². The zero-order chi connectivity index (χ0) is 26.8. The third kappa shape index (κ3) is 5.02. The van der Waals surface area contributed by atoms with Crippen LogP contribution in [0.4, 0.5) is 15.9 Å². The largest absolute Gasteiger partial charge is 0.489 e. The average molecular weight is 524 g/mol. The summed E-state index contributed by atoms with van der Waals surface area (Å²) in [6, 6.07) is 25.9. The highest BCUT2D eigenvalue weighted by Crippen LogP contribution is 2.40. The first-order valence-electron chi connectivity index (χ1n) is 13.2. The third-order valence-corrected chi connectivity index (χ3v) is 7.49. The molecule has 1 aromatic heterocycles. The molecule has 1 fully saturated rings. The van der Waals surface area contributed by atoms with Gasteiger partial charge in [0.2, 0.25) is 5.91 Å². The molecule has 39 heavy (non-hydrogen) atoms. The summed E-state index contributed by atoms with van der Waals surface area (Å²) in [5.74, 6) is 0.703. The molecule has 4 aromatic rings. The Hall–Kier alpha value is -4.46. The number of rotatable bonds is 6. The van der Waals surface area contributed by atoms with Gasteiger partial charge in [-0.15, -0.1) is 0 Å². The number of halogens is 1. The first-order chi connectivity index (χ1) is 19.1. The maximum Gasteiger partial charge on any atom is 0.234 e. The second-order valence-electron chi connectivity index (χ2n) is 9.91. The van der Waals surface area contributed by atoms with E-state index < -0.39 is 5.92 Å². The maximum atomic E-state index is 14.2. The van der Waals surface area contributed by atoms with Crippen molar-refractivity contribution in [3.8, 4) is 5.75 Å². The fourth-order valence-electron chi connectivity index (χ4n) is 5.48. The molecule has 3 aromatic carbocycles. The standard InChI is InChI=1S/C31H30FN5O2/c1-22-29(31(38)36-19-17-35(18-20-36)25-13-11-24(32)12-14-25)30(37-28(34-22)15-16-33-37)26-9-5-6-10-27(26)39-21-23-7-3-2-4-8-23/h2-16,29-30H,17-21H2,1H3. The number of ether oxygens (including phenoxy) is 1. The predicted molar refractivity (Wildman–Crippen MR) is 149 cm³/mol. The highest BCUT2D eigenvalue weighted by molar-refractivity contribution is 6.05. The molecule has 8 heteroatoms. The average Bonchev–Trinajstić information content (AvgIpc) is 3.44. The summed E-state index contributed by atoms with van der Waals surface area (Å²) in [6.45, 7) is 4.85. The number of nitrogens with zero attached hydrogens (tertiary/aromatic N) is 5. The number of amides is 1. The van der Waals surface area contributed by atoms with Gasteiger partial charge in [-0.25, -0.2) is 14.1 Å². The van der Waals surface area contributed by atoms with Crippen LogP contribution in [0, 0.1) is 11.7 Å². The molecular formula is C31H30FN5O2. The van der Waals surface area contributed by atoms with Crippen molar-refractivity contribution >= 4 is 23.1 Å². The van der Waals surface area contributed by atoms with Crippen LogP contribution in [0.15, 0.2) is 96.1 Å². The summed E-state index contributed by atoms with van der Waals surface area (Å²) in [7, 11) is 0. The van der Waals surface area contributed by atoms with Gasteiger partial charge in [-0.1, -0.05) is 48.5 Å². The van der Waals surface area contributed by atoms with Crippen LogP contribution in [0.3, 0.4) is 0 Å². The van der Waals surface area contributed by atoms with Gasteiger partial charge in [0.15, 0.2) is 5.82 Å². The number of hydrogen-bond donors (Lipinski definition) is 0. The third-order valence-electron chi connectivity index (χ3n) is 7.49. The number of fused-ring (bicyclic) bond motifs is 1. The molecule has 2 aliphatic rings. The molecule has 1 amide bonds. The Kier molecular flexibility index (Phi) is 6.84. The van der Waals surface area contributed by atoms with Gasteiger partial charge in [0.05, 0.1) is 12.2 Å². The molecule has 198 valence electrons. The fourth-order valence-corrected chi connectivity index (χ4v) is 5.48. The lowest BCUT2D eigenvalue weighted by Crippen LogP contribution is -2.53. The smallest absolute Gasteiger partial charge is 0.234 e. The van der Waals surface area contributed by atoms with Crippen molar-refractivity contribution in [3.63, 3.8) is 0 Å². The van der Waals surface area contributed by atoms with Gasteiger partial charge < -0.3 is 14.5 Å². The zero-order valence-electron chi connectivity index (χ0n) is 21.8. The SMILES string of the molecule is CC1=Nc2ccnn2C(c2ccccc2OCc2ccccc2)C1C(=O)N1CCN(c2ccc(F)cc2)CC1. The summed E-state index contributed by atoms with van der Waals surface area (Å²) in [4.78, 5) is 23.0. The lowest BCUT2D eigenvalue weighted by Gasteiger charge is -2.40. The Labute approximate surface area is 227 Å². The Morgan fingerprint density at radius 3 is 2.41 bits per heavy atom. The van der Waals surface area contributed by atoms with Gasteiger partial charge >= 0.3 is 0 Å². The molecule has 0 spiro atoms. The van der Waals surface area contributed by atoms with Crippen LogP contribution in [-0.2, 0) is 11.4 Å². The topological polar surface area (TPSA) is 63.0 Å². The number of piperazine rings is 1. The summed E-state index contributed by atoms with van der Waals surface area (Å²) in [5.41, 5.74) is 3.69. The molecule has 0 saturated carbocycles. The fraction of sp³-hybridized carbons (Fsp3) is 0.258. The number of anilines is 1. The Morgan fingerprint density at radius 2 is 1.64 bits per heavy atom. The van der Waals surface area contributed by atoms with E-state index in [1.54, 1.807) is 18.3 Å². The lowest BCUT2D eigenvalue weighted by molar-refractivity contribution is -0.134. The van der Waals surface area contributed by atoms with Crippen molar-refractivity contribution < 1.29 is 13.9 Å². The highest BCUT2D eigenvalue weighted by Gasteiger charge is 2.41. The van der Waals surface area contributed by atoms with Crippen LogP contribution in [0.5, 0.6) is 5.75 Å². The van der Waals surface area contributed by atoms with E-state index in [1.807, 2.05) is 77.2 Å². The minimum absolute atomic E-state index is 0.0269. The minimum atomic E-state index is -0.517. The van der Waals surface area contributed by atoms with Crippen molar-refractivity contribution in [2.75, 3.05) is 31.1 Å². The van der Waals surface area contributed by atoms with E-state index in [1.165, 1.54) is 12.1 Å². The highest BCUT2D eigenvalue weighted by atomic mass is 19.1. The van der Waals surface area contributed by atoms with Crippen LogP contribution in [-0.4, -0.2) is 52.5 Å². The van der Waals surface area contributed by atoms with Crippen molar-refractivity contribution in [1.29, 1.82) is 0 Å². The van der Waals surface area contributed by atoms with Crippen LogP contribution in [0.1, 0.15) is 24.1 Å². The molecular weight excluding hydrogens is 493 g/mol. The van der Waals surface area contributed by atoms with Gasteiger partial charge in [0.25, 0.3) is 0 Å². The zero-order valence-corrected chi connectivity index (χ0v) is 21.8. The Morgan fingerprint density at radius 1 is 0.923 bits per heavy atom. The van der Waals surface area contributed by atoms with E-state index in [4.69, 9.17) is 9.73 Å². The minimum Gasteiger partial charge on any atom is -0.489 e. The Bertz CT molecular complexity index is 1480. The van der Waals surface area contributed by atoms with E-state index in [-0.39, 0.29) is 17.8 Å². The maximum absolute atomic E-state index is 14.2. The van der Waals surface area contributed by atoms with Crippen LogP contribution >= 0.6 is 0 Å². The molecule has 1 saturated heterocycles. The molecule has 2 atom stereocenters. The van der Waals surface area contributed by atoms with Crippen molar-refractivity contribution in [3.05, 3.63) is 108 Å². The molecule has 0 aliphatic carbocycles. The molecule has 6 rings (SSSR count). The predicted octanol–water partition coefficient (Wildman–Crippen LogP) is 5.26. The summed E-state index contributed by atoms with van der Waals surface area (Å²) in [6.07, 6.45) is 1.72. The molecule has 0 N–H and O–H groups in total. The second kappa shape index (κ2) is 10.7. The van der Waals surface area contributed by atoms with Gasteiger partial charge in [0, 0.05) is 49.2 Å². The number of carbonyl (C=O) groups is 1. The van der Waals surface area contributed by atoms with Gasteiger partial charge in [0.1, 0.15) is 24.1 Å². The summed E-state index contributed by atoms with van der Waals surface area (Å²) < 4.78 is 21.5. The lowest BCUT2D eigenvalue weighted by atomic mass is 9.86. The number of para-hydroxylation sites is 1. The number of aliphatic imine (C=N–C) groups is 1. The first kappa shape index (κ1) is 24.9. The molecule has 0 radical (unpaired) electrons. The van der Waals surface area contributed by atoms with Gasteiger partial charge in [-0.05, 0) is 42.8 Å². The molecule has 3 heterocycles. The number of aromatic nitrogens is 2. The number of benzene rings is 3. The normalized spacial score (nSPS) is 18.9. The quantitative estimate of drug-likeness (QED) is 0.346. The Balaban J connectivity index is 1.27. The molecule has 2 unspecified atom stereocenters. The summed E-state index contributed by atoms with van der Waals surface area (Å²) >= 11 is 0. The van der Waals surface area contributed by atoms with Crippen molar-refractivity contribution in [2.24, 2.45) is 10.9 Å². The van der Waals surface area contributed by atoms with Crippen LogP contribution in [0.2, 0.25) is 0 Å². The molecule has 2 aliphatic heterocycles. The summed E-state index contributed by atoms with van der Waals surface area (Å²) in [5, 5.41) is 4.59. The monoisotopic (exact) mass is 523 g/mol. The van der Waals surface area contributed by atoms with Crippen LogP contribution in [0.25, 0.3) is 0 Å². The van der Waals surface area contributed by atoms with Crippen LogP contribution < -0.4 is 9.64 Å². The second-order valence-corrected chi connectivity index (χ2v) is 9.91. The van der Waals surface area contributed by atoms with Crippen molar-refractivity contribution in [1.82, 2.24) is 14.7 Å². The van der Waals surface area contributed by atoms with Gasteiger partial charge in [-0.3, -0.25) is 4.79 Å². The number of carbonyl (C=O) groups excluding carboxylic acids is 1. The van der Waals surface area contributed by atoms with E-state index in [0.29, 0.717) is 32.8 Å². The van der Waals surface area contributed by atoms with E-state index >= 15 is 0 Å². The van der Waals surface area contributed by atoms with E-state index in [2.05, 4.69) is 10.00 Å². The number of hydrogen-bond acceptors (Lipinski definition) is 5. The first-order valence-corrected chi connectivity index (χ1v) is 13.2. The molecule has 7 nitrogen and oxygen atoms in total. The molecule has 0 bridgehead atoms. The van der Waals surface area contributed by atoms with Crippen molar-refractivity contribution in [2.45, 2.75) is 19.6 Å². The van der Waals surface area contributed by atoms with E-state index in [0.717, 1.165) is 34.1 Å².